The fraction of sp³-hybridized carbons (Fsp3) is 0.385. The van der Waals surface area contributed by atoms with Crippen molar-refractivity contribution in [1.29, 1.82) is 0 Å². The highest BCUT2D eigenvalue weighted by Crippen LogP contribution is 2.19. The van der Waals surface area contributed by atoms with Crippen LogP contribution in [0.4, 0.5) is 19.3 Å². The summed E-state index contributed by atoms with van der Waals surface area (Å²) in [5.74, 6) is 0.317. The van der Waals surface area contributed by atoms with Gasteiger partial charge in [-0.1, -0.05) is 0 Å². The third-order valence-corrected chi connectivity index (χ3v) is 2.86. The number of anilines is 1. The first-order chi connectivity index (χ1) is 10.4. The van der Waals surface area contributed by atoms with Crippen molar-refractivity contribution in [2.45, 2.75) is 25.5 Å². The summed E-state index contributed by atoms with van der Waals surface area (Å²) in [4.78, 5) is 11.7. The molecule has 0 spiro atoms. The topological polar surface area (TPSA) is 92.3 Å². The number of carbonyl (C=O) groups is 1. The maximum Gasteiger partial charge on any atom is 0.319 e. The Kier molecular flexibility index (Phi) is 4.76. The molecule has 0 radical (unpaired) electrons. The Bertz CT molecular complexity index is 611. The van der Waals surface area contributed by atoms with Crippen molar-refractivity contribution >= 4 is 11.7 Å². The van der Waals surface area contributed by atoms with Gasteiger partial charge < -0.3 is 20.2 Å². The lowest BCUT2D eigenvalue weighted by atomic mass is 10.0. The molecular formula is C13H16F2N4O3. The van der Waals surface area contributed by atoms with Crippen molar-refractivity contribution in [2.75, 3.05) is 11.9 Å². The first-order valence-electron chi connectivity index (χ1n) is 6.48. The molecule has 2 heterocycles. The highest BCUT2D eigenvalue weighted by molar-refractivity contribution is 5.88. The van der Waals surface area contributed by atoms with Crippen molar-refractivity contribution < 1.29 is 23.1 Å². The average Bonchev–Trinajstić information content (AvgIpc) is 3.08. The van der Waals surface area contributed by atoms with E-state index in [-0.39, 0.29) is 12.2 Å². The number of amides is 2. The predicted octanol–water partition coefficient (Wildman–Crippen LogP) is 1.77. The molecule has 1 atom stereocenters. The molecule has 7 nitrogen and oxygen atoms in total. The molecule has 0 saturated carbocycles. The maximum absolute atomic E-state index is 12.2. The predicted molar refractivity (Wildman–Crippen MR) is 73.5 cm³/mol. The first-order valence-corrected chi connectivity index (χ1v) is 6.48. The fourth-order valence-corrected chi connectivity index (χ4v) is 1.77. The molecule has 0 aliphatic carbocycles. The Hall–Kier alpha value is -2.42. The van der Waals surface area contributed by atoms with E-state index in [1.165, 1.54) is 25.6 Å². The molecule has 0 saturated heterocycles. The molecule has 0 aromatic carbocycles. The summed E-state index contributed by atoms with van der Waals surface area (Å²) in [6.07, 6.45) is 1.44. The van der Waals surface area contributed by atoms with Gasteiger partial charge in [0, 0.05) is 6.20 Å². The van der Waals surface area contributed by atoms with E-state index in [0.29, 0.717) is 5.76 Å². The standard InChI is InChI=1S/C13H16F2N4O3/c1-13(21,10-3-2-4-22-10)8-16-12(20)18-9-5-17-19(6-9)7-11(14)15/h2-6,11,21H,7-8H2,1H3,(H2,16,18,20). The van der Waals surface area contributed by atoms with E-state index in [1.54, 1.807) is 12.1 Å². The fourth-order valence-electron chi connectivity index (χ4n) is 1.77. The molecular weight excluding hydrogens is 298 g/mol. The summed E-state index contributed by atoms with van der Waals surface area (Å²) in [5, 5.41) is 18.7. The van der Waals surface area contributed by atoms with Crippen LogP contribution in [0.5, 0.6) is 0 Å². The van der Waals surface area contributed by atoms with E-state index >= 15 is 0 Å². The van der Waals surface area contributed by atoms with E-state index in [0.717, 1.165) is 4.68 Å². The van der Waals surface area contributed by atoms with Gasteiger partial charge in [-0.25, -0.2) is 13.6 Å². The smallest absolute Gasteiger partial charge is 0.319 e. The van der Waals surface area contributed by atoms with Crippen molar-refractivity contribution in [3.05, 3.63) is 36.5 Å². The number of aliphatic hydroxyl groups is 1. The van der Waals surface area contributed by atoms with E-state index in [2.05, 4.69) is 15.7 Å². The Morgan fingerprint density at radius 3 is 3.00 bits per heavy atom. The molecule has 2 rings (SSSR count). The number of hydrogen-bond acceptors (Lipinski definition) is 4. The van der Waals surface area contributed by atoms with Gasteiger partial charge in [0.05, 0.1) is 24.7 Å². The van der Waals surface area contributed by atoms with Gasteiger partial charge in [0.25, 0.3) is 6.43 Å². The maximum atomic E-state index is 12.2. The van der Waals surface area contributed by atoms with Crippen molar-refractivity contribution in [3.8, 4) is 0 Å². The second-order valence-corrected chi connectivity index (χ2v) is 4.90. The number of aromatic nitrogens is 2. The zero-order chi connectivity index (χ0) is 16.2. The number of halogens is 2. The third-order valence-electron chi connectivity index (χ3n) is 2.86. The van der Waals surface area contributed by atoms with E-state index in [9.17, 15) is 18.7 Å². The lowest BCUT2D eigenvalue weighted by Crippen LogP contribution is -2.40. The van der Waals surface area contributed by atoms with Crippen LogP contribution in [-0.2, 0) is 12.1 Å². The van der Waals surface area contributed by atoms with E-state index < -0.39 is 24.6 Å². The zero-order valence-corrected chi connectivity index (χ0v) is 11.8. The molecule has 2 aromatic heterocycles. The minimum absolute atomic E-state index is 0.0858. The number of nitrogens with zero attached hydrogens (tertiary/aromatic N) is 2. The summed E-state index contributed by atoms with van der Waals surface area (Å²) in [6.45, 7) is 0.862. The van der Waals surface area contributed by atoms with Gasteiger partial charge in [0.1, 0.15) is 17.9 Å². The molecule has 3 N–H and O–H groups in total. The van der Waals surface area contributed by atoms with Crippen molar-refractivity contribution in [2.24, 2.45) is 0 Å². The van der Waals surface area contributed by atoms with Crippen LogP contribution < -0.4 is 10.6 Å². The van der Waals surface area contributed by atoms with Crippen molar-refractivity contribution in [3.63, 3.8) is 0 Å². The molecule has 9 heteroatoms. The highest BCUT2D eigenvalue weighted by atomic mass is 19.3. The zero-order valence-electron chi connectivity index (χ0n) is 11.8. The monoisotopic (exact) mass is 314 g/mol. The van der Waals surface area contributed by atoms with Gasteiger partial charge in [-0.3, -0.25) is 4.68 Å². The Morgan fingerprint density at radius 2 is 2.36 bits per heavy atom. The quantitative estimate of drug-likeness (QED) is 0.757. The minimum Gasteiger partial charge on any atom is -0.466 e. The van der Waals surface area contributed by atoms with Gasteiger partial charge in [-0.15, -0.1) is 0 Å². The number of hydrogen-bond donors (Lipinski definition) is 3. The molecule has 0 fully saturated rings. The van der Waals surface area contributed by atoms with Crippen LogP contribution >= 0.6 is 0 Å². The minimum atomic E-state index is -2.52. The molecule has 22 heavy (non-hydrogen) atoms. The van der Waals surface area contributed by atoms with Gasteiger partial charge >= 0.3 is 6.03 Å². The van der Waals surface area contributed by atoms with Gasteiger partial charge in [-0.2, -0.15) is 5.10 Å². The van der Waals surface area contributed by atoms with Crippen LogP contribution in [-0.4, -0.2) is 33.9 Å². The molecule has 2 amide bonds. The number of nitrogens with one attached hydrogen (secondary N) is 2. The van der Waals surface area contributed by atoms with Crippen molar-refractivity contribution in [1.82, 2.24) is 15.1 Å². The summed E-state index contributed by atoms with van der Waals surface area (Å²) < 4.78 is 30.5. The SMILES string of the molecule is CC(O)(CNC(=O)Nc1cnn(CC(F)F)c1)c1ccco1. The number of urea groups is 1. The number of rotatable bonds is 6. The molecule has 0 aliphatic rings. The van der Waals surface area contributed by atoms with Crippen LogP contribution in [0.15, 0.2) is 35.2 Å². The summed E-state index contributed by atoms with van der Waals surface area (Å²) in [6, 6.07) is 2.62. The van der Waals surface area contributed by atoms with Crippen LogP contribution in [0.3, 0.4) is 0 Å². The largest absolute Gasteiger partial charge is 0.466 e. The van der Waals surface area contributed by atoms with E-state index in [4.69, 9.17) is 4.42 Å². The normalized spacial score (nSPS) is 13.9. The molecule has 0 aliphatic heterocycles. The van der Waals surface area contributed by atoms with Crippen LogP contribution in [0.25, 0.3) is 0 Å². The summed E-state index contributed by atoms with van der Waals surface area (Å²) >= 11 is 0. The van der Waals surface area contributed by atoms with Gasteiger partial charge in [-0.05, 0) is 19.1 Å². The van der Waals surface area contributed by atoms with Gasteiger partial charge in [0.15, 0.2) is 0 Å². The summed E-state index contributed by atoms with van der Waals surface area (Å²) in [5.41, 5.74) is -1.09. The van der Waals surface area contributed by atoms with E-state index in [1.807, 2.05) is 0 Å². The third kappa shape index (κ3) is 4.29. The second-order valence-electron chi connectivity index (χ2n) is 4.90. The number of carbonyl (C=O) groups excluding carboxylic acids is 1. The number of furan rings is 1. The Balaban J connectivity index is 1.84. The lowest BCUT2D eigenvalue weighted by Gasteiger charge is -2.21. The van der Waals surface area contributed by atoms with Crippen LogP contribution in [0, 0.1) is 0 Å². The first kappa shape index (κ1) is 16.0. The molecule has 120 valence electrons. The lowest BCUT2D eigenvalue weighted by molar-refractivity contribution is 0.0372. The second kappa shape index (κ2) is 6.56. The highest BCUT2D eigenvalue weighted by Gasteiger charge is 2.26. The number of alkyl halides is 2. The van der Waals surface area contributed by atoms with Crippen LogP contribution in [0.2, 0.25) is 0 Å². The Morgan fingerprint density at radius 1 is 1.59 bits per heavy atom. The molecule has 1 unspecified atom stereocenters. The van der Waals surface area contributed by atoms with Crippen LogP contribution in [0.1, 0.15) is 12.7 Å². The average molecular weight is 314 g/mol. The molecule has 2 aromatic rings. The Labute approximate surface area is 124 Å². The molecule has 0 bridgehead atoms. The van der Waals surface area contributed by atoms with Gasteiger partial charge in [0.2, 0.25) is 0 Å². The summed E-state index contributed by atoms with van der Waals surface area (Å²) in [7, 11) is 0.